The van der Waals surface area contributed by atoms with Gasteiger partial charge in [-0.15, -0.1) is 10.2 Å². The molecule has 3 heterocycles. The number of aryl methyl sites for hydroxylation is 1. The van der Waals surface area contributed by atoms with Crippen LogP contribution in [0.5, 0.6) is 11.5 Å². The van der Waals surface area contributed by atoms with E-state index in [0.717, 1.165) is 29.9 Å². The van der Waals surface area contributed by atoms with Gasteiger partial charge in [0.05, 0.1) is 11.8 Å². The van der Waals surface area contributed by atoms with Crippen LogP contribution in [0.25, 0.3) is 0 Å². The number of thioether (sulfide) groups is 1. The van der Waals surface area contributed by atoms with Crippen LogP contribution >= 0.6 is 11.8 Å². The van der Waals surface area contributed by atoms with Gasteiger partial charge in [0.15, 0.2) is 16.7 Å². The van der Waals surface area contributed by atoms with E-state index in [9.17, 15) is 9.59 Å². The lowest BCUT2D eigenvalue weighted by Gasteiger charge is -2.27. The summed E-state index contributed by atoms with van der Waals surface area (Å²) in [4.78, 5) is 27.5. The van der Waals surface area contributed by atoms with Crippen LogP contribution < -0.4 is 14.8 Å². The number of nitrogens with zero attached hydrogens (tertiary/aromatic N) is 4. The van der Waals surface area contributed by atoms with Crippen molar-refractivity contribution in [3.05, 3.63) is 59.9 Å². The first kappa shape index (κ1) is 22.3. The SMILES string of the molecule is Cn1cnnc1SCC(=O)Nc1ccc(C(=O)N2CCC[C@@H]2c2ccc3c(c2)OCCO3)cc1. The third-order valence-corrected chi connectivity index (χ3v) is 6.92. The summed E-state index contributed by atoms with van der Waals surface area (Å²) in [6.45, 7) is 1.79. The standard InChI is InChI=1S/C24H25N5O4S/c1-28-15-25-27-24(28)34-14-22(30)26-18-7-4-16(5-8-18)23(31)29-10-2-3-19(29)17-6-9-20-21(13-17)33-12-11-32-20/h4-9,13,15,19H,2-3,10-12,14H2,1H3,(H,26,30)/t19-/m1/s1. The molecule has 1 atom stereocenters. The molecule has 1 aromatic heterocycles. The van der Waals surface area contributed by atoms with Crippen LogP contribution in [0.4, 0.5) is 5.69 Å². The fraction of sp³-hybridized carbons (Fsp3) is 0.333. The lowest BCUT2D eigenvalue weighted by molar-refractivity contribution is -0.113. The molecule has 1 N–H and O–H groups in total. The predicted molar refractivity (Wildman–Crippen MR) is 127 cm³/mol. The van der Waals surface area contributed by atoms with Crippen molar-refractivity contribution >= 4 is 29.3 Å². The second kappa shape index (κ2) is 9.76. The van der Waals surface area contributed by atoms with E-state index in [1.54, 1.807) is 35.2 Å². The number of carbonyl (C=O) groups is 2. The molecule has 1 saturated heterocycles. The Morgan fingerprint density at radius 3 is 2.68 bits per heavy atom. The van der Waals surface area contributed by atoms with E-state index in [2.05, 4.69) is 15.5 Å². The van der Waals surface area contributed by atoms with Gasteiger partial charge in [-0.05, 0) is 54.8 Å². The Kier molecular flexibility index (Phi) is 6.39. The van der Waals surface area contributed by atoms with Gasteiger partial charge in [0.25, 0.3) is 5.91 Å². The largest absolute Gasteiger partial charge is 0.486 e. The fourth-order valence-corrected chi connectivity index (χ4v) is 4.90. The Hall–Kier alpha value is -3.53. The average molecular weight is 480 g/mol. The summed E-state index contributed by atoms with van der Waals surface area (Å²) in [5, 5.41) is 11.3. The number of hydrogen-bond acceptors (Lipinski definition) is 7. The fourth-order valence-electron chi connectivity index (χ4n) is 4.22. The number of rotatable bonds is 6. The number of likely N-dealkylation sites (tertiary alicyclic amines) is 1. The minimum atomic E-state index is -0.148. The zero-order chi connectivity index (χ0) is 23.5. The van der Waals surface area contributed by atoms with Crippen molar-refractivity contribution in [3.8, 4) is 11.5 Å². The highest BCUT2D eigenvalue weighted by Crippen LogP contribution is 2.38. The minimum absolute atomic E-state index is 0.000318. The van der Waals surface area contributed by atoms with E-state index >= 15 is 0 Å². The molecule has 2 aliphatic rings. The average Bonchev–Trinajstić information content (AvgIpc) is 3.51. The molecule has 2 aliphatic heterocycles. The maximum atomic E-state index is 13.3. The Morgan fingerprint density at radius 1 is 1.12 bits per heavy atom. The molecule has 176 valence electrons. The van der Waals surface area contributed by atoms with Crippen molar-refractivity contribution < 1.29 is 19.1 Å². The van der Waals surface area contributed by atoms with Crippen LogP contribution in [-0.2, 0) is 11.8 Å². The number of carbonyl (C=O) groups excluding carboxylic acids is 2. The molecule has 34 heavy (non-hydrogen) atoms. The second-order valence-corrected chi connectivity index (χ2v) is 9.14. The molecule has 0 unspecified atom stereocenters. The van der Waals surface area contributed by atoms with Gasteiger partial charge in [-0.3, -0.25) is 9.59 Å². The third kappa shape index (κ3) is 4.72. The van der Waals surface area contributed by atoms with E-state index in [1.807, 2.05) is 30.1 Å². The number of nitrogens with one attached hydrogen (secondary N) is 1. The van der Waals surface area contributed by atoms with Gasteiger partial charge in [-0.2, -0.15) is 0 Å². The topological polar surface area (TPSA) is 98.6 Å². The van der Waals surface area contributed by atoms with Gasteiger partial charge in [0, 0.05) is 24.8 Å². The van der Waals surface area contributed by atoms with Gasteiger partial charge in [-0.25, -0.2) is 0 Å². The molecule has 0 spiro atoms. The number of hydrogen-bond donors (Lipinski definition) is 1. The lowest BCUT2D eigenvalue weighted by Crippen LogP contribution is -2.30. The highest BCUT2D eigenvalue weighted by atomic mass is 32.2. The normalized spacial score (nSPS) is 17.0. The second-order valence-electron chi connectivity index (χ2n) is 8.20. The van der Waals surface area contributed by atoms with Crippen LogP contribution in [0, 0.1) is 0 Å². The number of fused-ring (bicyclic) bond motifs is 1. The van der Waals surface area contributed by atoms with E-state index in [-0.39, 0.29) is 23.6 Å². The molecule has 0 bridgehead atoms. The van der Waals surface area contributed by atoms with Crippen molar-refractivity contribution in [2.75, 3.05) is 30.8 Å². The maximum Gasteiger partial charge on any atom is 0.254 e. The van der Waals surface area contributed by atoms with Crippen molar-refractivity contribution in [1.29, 1.82) is 0 Å². The van der Waals surface area contributed by atoms with E-state index in [4.69, 9.17) is 9.47 Å². The highest BCUT2D eigenvalue weighted by Gasteiger charge is 2.31. The summed E-state index contributed by atoms with van der Waals surface area (Å²) in [5.41, 5.74) is 2.29. The Morgan fingerprint density at radius 2 is 1.91 bits per heavy atom. The van der Waals surface area contributed by atoms with Crippen LogP contribution in [0.1, 0.15) is 34.8 Å². The molecule has 10 heteroatoms. The van der Waals surface area contributed by atoms with Gasteiger partial charge >= 0.3 is 0 Å². The molecule has 0 radical (unpaired) electrons. The minimum Gasteiger partial charge on any atom is -0.486 e. The zero-order valence-corrected chi connectivity index (χ0v) is 19.6. The maximum absolute atomic E-state index is 13.3. The number of benzene rings is 2. The summed E-state index contributed by atoms with van der Waals surface area (Å²) >= 11 is 1.31. The van der Waals surface area contributed by atoms with Gasteiger partial charge < -0.3 is 24.3 Å². The highest BCUT2D eigenvalue weighted by molar-refractivity contribution is 7.99. The van der Waals surface area contributed by atoms with Crippen molar-refractivity contribution in [1.82, 2.24) is 19.7 Å². The number of aromatic nitrogens is 3. The Labute approximate surface area is 201 Å². The third-order valence-electron chi connectivity index (χ3n) is 5.88. The molecule has 9 nitrogen and oxygen atoms in total. The van der Waals surface area contributed by atoms with Crippen LogP contribution in [0.3, 0.4) is 0 Å². The smallest absolute Gasteiger partial charge is 0.254 e. The zero-order valence-electron chi connectivity index (χ0n) is 18.8. The van der Waals surface area contributed by atoms with E-state index < -0.39 is 0 Å². The van der Waals surface area contributed by atoms with Gasteiger partial charge in [-0.1, -0.05) is 17.8 Å². The van der Waals surface area contributed by atoms with Gasteiger partial charge in [0.1, 0.15) is 19.5 Å². The summed E-state index contributed by atoms with van der Waals surface area (Å²) in [7, 11) is 1.83. The van der Waals surface area contributed by atoms with Crippen molar-refractivity contribution in [2.45, 2.75) is 24.0 Å². The van der Waals surface area contributed by atoms with Gasteiger partial charge in [0.2, 0.25) is 5.91 Å². The predicted octanol–water partition coefficient (Wildman–Crippen LogP) is 3.29. The van der Waals surface area contributed by atoms with Crippen LogP contribution in [0.15, 0.2) is 53.9 Å². The number of ether oxygens (including phenoxy) is 2. The molecule has 5 rings (SSSR count). The lowest BCUT2D eigenvalue weighted by atomic mass is 10.0. The first-order valence-corrected chi connectivity index (χ1v) is 12.1. The van der Waals surface area contributed by atoms with E-state index in [0.29, 0.717) is 36.2 Å². The summed E-state index contributed by atoms with van der Waals surface area (Å²) in [5.74, 6) is 1.54. The Bertz CT molecular complexity index is 1200. The molecule has 3 aromatic rings. The summed E-state index contributed by atoms with van der Waals surface area (Å²) in [6, 6.07) is 13.0. The molecule has 0 saturated carbocycles. The first-order chi connectivity index (χ1) is 16.6. The quantitative estimate of drug-likeness (QED) is 0.542. The summed E-state index contributed by atoms with van der Waals surface area (Å²) < 4.78 is 13.1. The van der Waals surface area contributed by atoms with E-state index in [1.165, 1.54) is 11.8 Å². The van der Waals surface area contributed by atoms with Crippen LogP contribution in [-0.4, -0.2) is 57.0 Å². The molecule has 0 aliphatic carbocycles. The molecule has 1 fully saturated rings. The van der Waals surface area contributed by atoms with Crippen molar-refractivity contribution in [3.63, 3.8) is 0 Å². The molecular formula is C24H25N5O4S. The number of amides is 2. The van der Waals surface area contributed by atoms with Crippen LogP contribution in [0.2, 0.25) is 0 Å². The first-order valence-electron chi connectivity index (χ1n) is 11.2. The Balaban J connectivity index is 1.22. The number of anilines is 1. The molecule has 2 aromatic carbocycles. The van der Waals surface area contributed by atoms with Crippen molar-refractivity contribution in [2.24, 2.45) is 7.05 Å². The molecular weight excluding hydrogens is 454 g/mol. The monoisotopic (exact) mass is 479 g/mol. The molecule has 2 amide bonds. The summed E-state index contributed by atoms with van der Waals surface area (Å²) in [6.07, 6.45) is 3.44.